The van der Waals surface area contributed by atoms with E-state index in [1.807, 2.05) is 25.2 Å². The third-order valence-electron chi connectivity index (χ3n) is 4.38. The number of likely N-dealkylation sites (N-methyl/N-ethyl adjacent to an activating group) is 1. The van der Waals surface area contributed by atoms with Crippen molar-refractivity contribution in [3.63, 3.8) is 0 Å². The molecule has 122 valence electrons. The van der Waals surface area contributed by atoms with Crippen LogP contribution >= 0.6 is 0 Å². The SMILES string of the molecule is CCC(CC)C(CNCc1cnc(N(C)C)n1C)N(C)C. The first-order chi connectivity index (χ1) is 9.92. The van der Waals surface area contributed by atoms with Crippen molar-refractivity contribution >= 4 is 5.95 Å². The minimum absolute atomic E-state index is 0.585. The van der Waals surface area contributed by atoms with Gasteiger partial charge in [-0.25, -0.2) is 4.98 Å². The molecule has 1 unspecified atom stereocenters. The van der Waals surface area contributed by atoms with Gasteiger partial charge in [-0.3, -0.25) is 0 Å². The monoisotopic (exact) mass is 295 g/mol. The molecule has 5 heteroatoms. The maximum absolute atomic E-state index is 4.45. The number of imidazole rings is 1. The van der Waals surface area contributed by atoms with E-state index < -0.39 is 0 Å². The van der Waals surface area contributed by atoms with E-state index in [0.717, 1.165) is 25.0 Å². The molecule has 1 aromatic rings. The van der Waals surface area contributed by atoms with Crippen LogP contribution in [0, 0.1) is 5.92 Å². The molecule has 1 rings (SSSR count). The summed E-state index contributed by atoms with van der Waals surface area (Å²) in [7, 11) is 10.5. The summed E-state index contributed by atoms with van der Waals surface area (Å²) in [4.78, 5) is 8.84. The summed E-state index contributed by atoms with van der Waals surface area (Å²) in [6.07, 6.45) is 4.43. The fourth-order valence-corrected chi connectivity index (χ4v) is 2.97. The van der Waals surface area contributed by atoms with Crippen LogP contribution in [-0.2, 0) is 13.6 Å². The van der Waals surface area contributed by atoms with Crippen molar-refractivity contribution in [3.8, 4) is 0 Å². The summed E-state index contributed by atoms with van der Waals surface area (Å²) in [6, 6.07) is 0.585. The summed E-state index contributed by atoms with van der Waals surface area (Å²) >= 11 is 0. The first-order valence-electron chi connectivity index (χ1n) is 7.97. The molecule has 1 N–H and O–H groups in total. The van der Waals surface area contributed by atoms with Gasteiger partial charge in [0.1, 0.15) is 0 Å². The van der Waals surface area contributed by atoms with E-state index in [9.17, 15) is 0 Å². The zero-order chi connectivity index (χ0) is 16.0. The number of rotatable bonds is 9. The number of anilines is 1. The second kappa shape index (κ2) is 8.39. The molecule has 1 heterocycles. The van der Waals surface area contributed by atoms with Gasteiger partial charge in [-0.05, 0) is 20.0 Å². The summed E-state index contributed by atoms with van der Waals surface area (Å²) < 4.78 is 2.15. The molecule has 0 spiro atoms. The van der Waals surface area contributed by atoms with E-state index in [0.29, 0.717) is 6.04 Å². The third-order valence-corrected chi connectivity index (χ3v) is 4.38. The Hall–Kier alpha value is -1.07. The Morgan fingerprint density at radius 2 is 1.81 bits per heavy atom. The largest absolute Gasteiger partial charge is 0.348 e. The Labute approximate surface area is 130 Å². The highest BCUT2D eigenvalue weighted by molar-refractivity contribution is 5.30. The number of hydrogen-bond donors (Lipinski definition) is 1. The lowest BCUT2D eigenvalue weighted by molar-refractivity contribution is 0.193. The highest BCUT2D eigenvalue weighted by Crippen LogP contribution is 2.17. The summed E-state index contributed by atoms with van der Waals surface area (Å²) in [5.41, 5.74) is 1.22. The van der Waals surface area contributed by atoms with E-state index in [-0.39, 0.29) is 0 Å². The molecule has 0 aliphatic rings. The molecular weight excluding hydrogens is 262 g/mol. The maximum atomic E-state index is 4.45. The summed E-state index contributed by atoms with van der Waals surface area (Å²) in [5, 5.41) is 3.60. The van der Waals surface area contributed by atoms with Gasteiger partial charge in [0.25, 0.3) is 0 Å². The minimum atomic E-state index is 0.585. The quantitative estimate of drug-likeness (QED) is 0.755. The summed E-state index contributed by atoms with van der Waals surface area (Å²) in [6.45, 7) is 6.45. The lowest BCUT2D eigenvalue weighted by atomic mass is 9.93. The van der Waals surface area contributed by atoms with Crippen molar-refractivity contribution in [2.75, 3.05) is 39.6 Å². The normalized spacial score (nSPS) is 13.2. The predicted octanol–water partition coefficient (Wildman–Crippen LogP) is 1.94. The average molecular weight is 295 g/mol. The van der Waals surface area contributed by atoms with Crippen LogP contribution in [0.15, 0.2) is 6.20 Å². The van der Waals surface area contributed by atoms with Crippen LogP contribution in [0.3, 0.4) is 0 Å². The maximum Gasteiger partial charge on any atom is 0.204 e. The lowest BCUT2D eigenvalue weighted by Crippen LogP contribution is -2.43. The van der Waals surface area contributed by atoms with Crippen molar-refractivity contribution in [1.29, 1.82) is 0 Å². The molecular formula is C16H33N5. The number of nitrogens with zero attached hydrogens (tertiary/aromatic N) is 4. The molecule has 0 radical (unpaired) electrons. The number of nitrogens with one attached hydrogen (secondary N) is 1. The van der Waals surface area contributed by atoms with Gasteiger partial charge in [-0.1, -0.05) is 26.7 Å². The van der Waals surface area contributed by atoms with Crippen LogP contribution in [0.1, 0.15) is 32.4 Å². The van der Waals surface area contributed by atoms with Gasteiger partial charge in [0.05, 0.1) is 11.9 Å². The predicted molar refractivity (Wildman–Crippen MR) is 90.8 cm³/mol. The Morgan fingerprint density at radius 3 is 2.24 bits per heavy atom. The number of aromatic nitrogens is 2. The third kappa shape index (κ3) is 4.71. The molecule has 0 amide bonds. The second-order valence-electron chi connectivity index (χ2n) is 6.24. The fraction of sp³-hybridized carbons (Fsp3) is 0.812. The lowest BCUT2D eigenvalue weighted by Gasteiger charge is -2.31. The van der Waals surface area contributed by atoms with Gasteiger partial charge in [0, 0.05) is 40.3 Å². The fourth-order valence-electron chi connectivity index (χ4n) is 2.97. The molecule has 0 saturated heterocycles. The highest BCUT2D eigenvalue weighted by atomic mass is 15.3. The molecule has 0 saturated carbocycles. The van der Waals surface area contributed by atoms with Crippen LogP contribution in [0.5, 0.6) is 0 Å². The first kappa shape index (κ1) is 18.0. The number of hydrogen-bond acceptors (Lipinski definition) is 4. The van der Waals surface area contributed by atoms with E-state index >= 15 is 0 Å². The Kier molecular flexibility index (Phi) is 7.18. The zero-order valence-electron chi connectivity index (χ0n) is 14.8. The zero-order valence-corrected chi connectivity index (χ0v) is 14.8. The molecule has 5 nitrogen and oxygen atoms in total. The van der Waals surface area contributed by atoms with Crippen molar-refractivity contribution in [1.82, 2.24) is 19.8 Å². The molecule has 1 atom stereocenters. The van der Waals surface area contributed by atoms with Gasteiger partial charge in [-0.2, -0.15) is 0 Å². The standard InChI is InChI=1S/C16H33N5/c1-8-13(9-2)15(19(3)4)12-17-10-14-11-18-16(20(5)6)21(14)7/h11,13,15,17H,8-10,12H2,1-7H3. The van der Waals surface area contributed by atoms with Gasteiger partial charge in [-0.15, -0.1) is 0 Å². The molecule has 0 aromatic carbocycles. The Morgan fingerprint density at radius 1 is 1.19 bits per heavy atom. The van der Waals surface area contributed by atoms with E-state index in [2.05, 4.69) is 54.8 Å². The van der Waals surface area contributed by atoms with E-state index in [1.54, 1.807) is 0 Å². The van der Waals surface area contributed by atoms with Crippen molar-refractivity contribution in [2.45, 2.75) is 39.3 Å². The van der Waals surface area contributed by atoms with Gasteiger partial charge >= 0.3 is 0 Å². The Balaban J connectivity index is 2.58. The van der Waals surface area contributed by atoms with Crippen LogP contribution < -0.4 is 10.2 Å². The molecule has 1 aromatic heterocycles. The highest BCUT2D eigenvalue weighted by Gasteiger charge is 2.20. The van der Waals surface area contributed by atoms with Crippen molar-refractivity contribution < 1.29 is 0 Å². The van der Waals surface area contributed by atoms with Crippen molar-refractivity contribution in [2.24, 2.45) is 13.0 Å². The van der Waals surface area contributed by atoms with Crippen molar-refractivity contribution in [3.05, 3.63) is 11.9 Å². The first-order valence-corrected chi connectivity index (χ1v) is 7.97. The molecule has 0 aliphatic carbocycles. The van der Waals surface area contributed by atoms with Crippen LogP contribution in [0.4, 0.5) is 5.95 Å². The summed E-state index contributed by atoms with van der Waals surface area (Å²) in [5.74, 6) is 1.74. The molecule has 0 bridgehead atoms. The van der Waals surface area contributed by atoms with Crippen LogP contribution in [-0.4, -0.2) is 55.2 Å². The van der Waals surface area contributed by atoms with E-state index in [4.69, 9.17) is 0 Å². The van der Waals surface area contributed by atoms with Crippen LogP contribution in [0.2, 0.25) is 0 Å². The minimum Gasteiger partial charge on any atom is -0.348 e. The molecule has 0 fully saturated rings. The smallest absolute Gasteiger partial charge is 0.204 e. The van der Waals surface area contributed by atoms with Crippen LogP contribution in [0.25, 0.3) is 0 Å². The van der Waals surface area contributed by atoms with E-state index in [1.165, 1.54) is 18.5 Å². The average Bonchev–Trinajstić information content (AvgIpc) is 2.79. The molecule has 21 heavy (non-hydrogen) atoms. The topological polar surface area (TPSA) is 36.3 Å². The van der Waals surface area contributed by atoms with Gasteiger partial charge < -0.3 is 19.7 Å². The second-order valence-corrected chi connectivity index (χ2v) is 6.24. The van der Waals surface area contributed by atoms with Gasteiger partial charge in [0.15, 0.2) is 0 Å². The van der Waals surface area contributed by atoms with Gasteiger partial charge in [0.2, 0.25) is 5.95 Å². The molecule has 0 aliphatic heterocycles. The Bertz CT molecular complexity index is 407.